The molecule has 2 aromatic rings. The van der Waals surface area contributed by atoms with Crippen molar-refractivity contribution in [3.8, 4) is 0 Å². The Hall–Kier alpha value is -1.99. The normalized spacial score (nSPS) is 10.3. The number of esters is 1. The molecule has 0 unspecified atom stereocenters. The van der Waals surface area contributed by atoms with Gasteiger partial charge in [-0.3, -0.25) is 4.79 Å². The molecule has 0 fully saturated rings. The van der Waals surface area contributed by atoms with Crippen LogP contribution in [0.2, 0.25) is 5.02 Å². The molecule has 0 aliphatic carbocycles. The molecule has 0 atom stereocenters. The summed E-state index contributed by atoms with van der Waals surface area (Å²) in [6.45, 7) is 0. The maximum absolute atomic E-state index is 12.0. The highest BCUT2D eigenvalue weighted by atomic mass is 35.5. The number of nitrogens with one attached hydrogen (secondary N) is 1. The fraction of sp³-hybridized carbons (Fsp3) is 0.214. The van der Waals surface area contributed by atoms with Crippen LogP contribution in [0.3, 0.4) is 0 Å². The summed E-state index contributed by atoms with van der Waals surface area (Å²) < 4.78 is 6.50. The number of hydrogen-bond acceptors (Lipinski definition) is 5. The summed E-state index contributed by atoms with van der Waals surface area (Å²) >= 11 is 7.20. The van der Waals surface area contributed by atoms with Crippen molar-refractivity contribution in [1.82, 2.24) is 9.55 Å². The topological polar surface area (TPSA) is 73.2 Å². The molecule has 2 rings (SSSR count). The molecule has 0 radical (unpaired) electrons. The van der Waals surface area contributed by atoms with Gasteiger partial charge in [-0.05, 0) is 18.2 Å². The summed E-state index contributed by atoms with van der Waals surface area (Å²) in [4.78, 5) is 27.8. The van der Waals surface area contributed by atoms with Gasteiger partial charge in [0, 0.05) is 24.5 Å². The van der Waals surface area contributed by atoms with Gasteiger partial charge in [-0.25, -0.2) is 9.78 Å². The first kappa shape index (κ1) is 16.4. The zero-order valence-electron chi connectivity index (χ0n) is 12.0. The van der Waals surface area contributed by atoms with Gasteiger partial charge in [0.2, 0.25) is 5.91 Å². The van der Waals surface area contributed by atoms with Crippen molar-refractivity contribution < 1.29 is 14.3 Å². The second kappa shape index (κ2) is 7.33. The van der Waals surface area contributed by atoms with E-state index in [2.05, 4.69) is 15.0 Å². The lowest BCUT2D eigenvalue weighted by Crippen LogP contribution is -2.17. The van der Waals surface area contributed by atoms with Crippen molar-refractivity contribution in [3.05, 3.63) is 41.2 Å². The van der Waals surface area contributed by atoms with Gasteiger partial charge in [0.1, 0.15) is 0 Å². The Balaban J connectivity index is 2.06. The number of amides is 1. The number of anilines is 1. The van der Waals surface area contributed by atoms with Gasteiger partial charge in [0.05, 0.1) is 24.1 Å². The van der Waals surface area contributed by atoms with E-state index in [0.717, 1.165) is 5.16 Å². The van der Waals surface area contributed by atoms with Crippen molar-refractivity contribution in [3.63, 3.8) is 0 Å². The number of benzene rings is 1. The number of carbonyl (C=O) groups is 2. The van der Waals surface area contributed by atoms with E-state index < -0.39 is 5.97 Å². The molecule has 0 saturated heterocycles. The molecule has 0 aliphatic rings. The first-order valence-corrected chi connectivity index (χ1v) is 7.65. The van der Waals surface area contributed by atoms with Crippen LogP contribution in [0, 0.1) is 0 Å². The maximum Gasteiger partial charge on any atom is 0.339 e. The molecule has 116 valence electrons. The van der Waals surface area contributed by atoms with E-state index in [1.54, 1.807) is 18.5 Å². The summed E-state index contributed by atoms with van der Waals surface area (Å²) in [7, 11) is 3.12. The zero-order valence-corrected chi connectivity index (χ0v) is 13.6. The average molecular weight is 340 g/mol. The first-order chi connectivity index (χ1) is 10.5. The van der Waals surface area contributed by atoms with Crippen molar-refractivity contribution >= 4 is 40.9 Å². The predicted octanol–water partition coefficient (Wildman–Crippen LogP) is 2.59. The van der Waals surface area contributed by atoms with E-state index in [4.69, 9.17) is 11.6 Å². The van der Waals surface area contributed by atoms with Gasteiger partial charge < -0.3 is 14.6 Å². The Morgan fingerprint density at radius 3 is 2.86 bits per heavy atom. The van der Waals surface area contributed by atoms with Crippen LogP contribution < -0.4 is 5.32 Å². The SMILES string of the molecule is COC(=O)c1ccc(Cl)cc1NC(=O)CSc1nccn1C. The van der Waals surface area contributed by atoms with Crippen LogP contribution in [0.15, 0.2) is 35.7 Å². The van der Waals surface area contributed by atoms with Crippen molar-refractivity contribution in [2.75, 3.05) is 18.2 Å². The number of ether oxygens (including phenoxy) is 1. The third kappa shape index (κ3) is 4.02. The van der Waals surface area contributed by atoms with Gasteiger partial charge in [0.25, 0.3) is 0 Å². The number of methoxy groups -OCH3 is 1. The van der Waals surface area contributed by atoms with Crippen molar-refractivity contribution in [2.24, 2.45) is 7.05 Å². The van der Waals surface area contributed by atoms with Crippen LogP contribution >= 0.6 is 23.4 Å². The number of halogens is 1. The lowest BCUT2D eigenvalue weighted by atomic mass is 10.2. The van der Waals surface area contributed by atoms with E-state index in [0.29, 0.717) is 10.7 Å². The Kier molecular flexibility index (Phi) is 5.46. The molecule has 8 heteroatoms. The van der Waals surface area contributed by atoms with Crippen LogP contribution in [0.25, 0.3) is 0 Å². The second-order valence-corrected chi connectivity index (χ2v) is 5.72. The Bertz CT molecular complexity index is 702. The molecular weight excluding hydrogens is 326 g/mol. The molecule has 1 aromatic heterocycles. The average Bonchev–Trinajstić information content (AvgIpc) is 2.90. The predicted molar refractivity (Wildman–Crippen MR) is 85.4 cm³/mol. The summed E-state index contributed by atoms with van der Waals surface area (Å²) in [6, 6.07) is 4.58. The molecule has 0 saturated carbocycles. The van der Waals surface area contributed by atoms with Crippen molar-refractivity contribution in [2.45, 2.75) is 5.16 Å². The van der Waals surface area contributed by atoms with Gasteiger partial charge in [-0.1, -0.05) is 23.4 Å². The largest absolute Gasteiger partial charge is 0.465 e. The van der Waals surface area contributed by atoms with Crippen LogP contribution in [0.5, 0.6) is 0 Å². The molecule has 1 heterocycles. The summed E-state index contributed by atoms with van der Waals surface area (Å²) in [6.07, 6.45) is 3.46. The Labute approximate surface area is 136 Å². The number of thioether (sulfide) groups is 1. The maximum atomic E-state index is 12.0. The Morgan fingerprint density at radius 2 is 2.23 bits per heavy atom. The second-order valence-electron chi connectivity index (χ2n) is 4.34. The number of aryl methyl sites for hydroxylation is 1. The van der Waals surface area contributed by atoms with E-state index in [1.165, 1.54) is 31.0 Å². The standard InChI is InChI=1S/C14H14ClN3O3S/c1-18-6-5-16-14(18)22-8-12(19)17-11-7-9(15)3-4-10(11)13(20)21-2/h3-7H,8H2,1-2H3,(H,17,19). The minimum absolute atomic E-state index is 0.165. The lowest BCUT2D eigenvalue weighted by molar-refractivity contribution is -0.113. The quantitative estimate of drug-likeness (QED) is 0.669. The highest BCUT2D eigenvalue weighted by molar-refractivity contribution is 7.99. The number of aromatic nitrogens is 2. The third-order valence-electron chi connectivity index (χ3n) is 2.77. The minimum Gasteiger partial charge on any atom is -0.465 e. The minimum atomic E-state index is -0.538. The first-order valence-electron chi connectivity index (χ1n) is 6.29. The van der Waals surface area contributed by atoms with E-state index in [1.807, 2.05) is 11.6 Å². The van der Waals surface area contributed by atoms with E-state index in [-0.39, 0.29) is 17.2 Å². The van der Waals surface area contributed by atoms with Crippen molar-refractivity contribution in [1.29, 1.82) is 0 Å². The summed E-state index contributed by atoms with van der Waals surface area (Å²) in [5.41, 5.74) is 0.576. The number of hydrogen-bond donors (Lipinski definition) is 1. The Morgan fingerprint density at radius 1 is 1.45 bits per heavy atom. The molecule has 0 aliphatic heterocycles. The number of rotatable bonds is 5. The lowest BCUT2D eigenvalue weighted by Gasteiger charge is -2.10. The van der Waals surface area contributed by atoms with Crippen LogP contribution in [-0.2, 0) is 16.6 Å². The molecule has 1 amide bonds. The van der Waals surface area contributed by atoms with Crippen LogP contribution in [0.1, 0.15) is 10.4 Å². The summed E-state index contributed by atoms with van der Waals surface area (Å²) in [5.74, 6) is -0.637. The van der Waals surface area contributed by atoms with Gasteiger partial charge in [-0.15, -0.1) is 0 Å². The molecule has 0 spiro atoms. The molecule has 0 bridgehead atoms. The zero-order chi connectivity index (χ0) is 16.1. The van der Waals surface area contributed by atoms with Crippen LogP contribution in [-0.4, -0.2) is 34.3 Å². The highest BCUT2D eigenvalue weighted by Gasteiger charge is 2.15. The third-order valence-corrected chi connectivity index (χ3v) is 4.06. The molecule has 6 nitrogen and oxygen atoms in total. The molecular formula is C14H14ClN3O3S. The fourth-order valence-corrected chi connectivity index (χ4v) is 2.62. The molecule has 1 N–H and O–H groups in total. The van der Waals surface area contributed by atoms with E-state index >= 15 is 0 Å². The number of nitrogens with zero attached hydrogens (tertiary/aromatic N) is 2. The smallest absolute Gasteiger partial charge is 0.339 e. The fourth-order valence-electron chi connectivity index (χ4n) is 1.72. The number of carbonyl (C=O) groups excluding carboxylic acids is 2. The van der Waals surface area contributed by atoms with E-state index in [9.17, 15) is 9.59 Å². The molecule has 1 aromatic carbocycles. The van der Waals surface area contributed by atoms with Crippen LogP contribution in [0.4, 0.5) is 5.69 Å². The molecule has 22 heavy (non-hydrogen) atoms. The number of imidazole rings is 1. The highest BCUT2D eigenvalue weighted by Crippen LogP contribution is 2.22. The summed E-state index contributed by atoms with van der Waals surface area (Å²) in [5, 5.41) is 3.81. The van der Waals surface area contributed by atoms with Gasteiger partial charge in [0.15, 0.2) is 5.16 Å². The van der Waals surface area contributed by atoms with Gasteiger partial charge >= 0.3 is 5.97 Å². The van der Waals surface area contributed by atoms with Gasteiger partial charge in [-0.2, -0.15) is 0 Å². The monoisotopic (exact) mass is 339 g/mol.